The molecule has 0 radical (unpaired) electrons. The van der Waals surface area contributed by atoms with Crippen molar-refractivity contribution in [2.24, 2.45) is 5.92 Å². The summed E-state index contributed by atoms with van der Waals surface area (Å²) in [6, 6.07) is 20.0. The van der Waals surface area contributed by atoms with Gasteiger partial charge in [-0.2, -0.15) is 0 Å². The summed E-state index contributed by atoms with van der Waals surface area (Å²) in [7, 11) is 0. The third-order valence-corrected chi connectivity index (χ3v) is 6.91. The van der Waals surface area contributed by atoms with Gasteiger partial charge in [-0.15, -0.1) is 0 Å². The number of benzene rings is 2. The van der Waals surface area contributed by atoms with E-state index in [2.05, 4.69) is 96.8 Å². The Kier molecular flexibility index (Phi) is 11.7. The standard InChI is InChI=1S/C21H25N3.C7H14.C3H8/c1-2-6-17(7-3-1)14-23-15-18-16-24(19-10-12-22-13-11-19)21-9-5-4-8-20(18)21;1-7-5-3-2-4-6-7;1-3-2/h1-9,16,19,22-23H,10-15H2;7H,2-6H2,1H3;3H2,1-2H3. The summed E-state index contributed by atoms with van der Waals surface area (Å²) in [5, 5.41) is 8.45. The molecule has 1 saturated carbocycles. The summed E-state index contributed by atoms with van der Waals surface area (Å²) in [5.41, 5.74) is 4.11. The molecule has 1 saturated heterocycles. The van der Waals surface area contributed by atoms with Crippen LogP contribution in [0.3, 0.4) is 0 Å². The second-order valence-corrected chi connectivity index (χ2v) is 10.1. The van der Waals surface area contributed by atoms with Crippen molar-refractivity contribution in [3.8, 4) is 0 Å². The molecule has 3 aromatic rings. The monoisotopic (exact) mass is 461 g/mol. The topological polar surface area (TPSA) is 29.0 Å². The van der Waals surface area contributed by atoms with E-state index < -0.39 is 0 Å². The van der Waals surface area contributed by atoms with Gasteiger partial charge < -0.3 is 15.2 Å². The van der Waals surface area contributed by atoms with Crippen molar-refractivity contribution < 1.29 is 0 Å². The number of nitrogens with one attached hydrogen (secondary N) is 2. The van der Waals surface area contributed by atoms with Gasteiger partial charge in [0, 0.05) is 36.2 Å². The molecule has 34 heavy (non-hydrogen) atoms. The fourth-order valence-electron chi connectivity index (χ4n) is 5.05. The summed E-state index contributed by atoms with van der Waals surface area (Å²) >= 11 is 0. The van der Waals surface area contributed by atoms with E-state index in [1.54, 1.807) is 0 Å². The van der Waals surface area contributed by atoms with Gasteiger partial charge >= 0.3 is 0 Å². The quantitative estimate of drug-likeness (QED) is 0.405. The minimum absolute atomic E-state index is 0.624. The smallest absolute Gasteiger partial charge is 0.0486 e. The van der Waals surface area contributed by atoms with Gasteiger partial charge in [0.2, 0.25) is 0 Å². The molecular weight excluding hydrogens is 414 g/mol. The highest BCUT2D eigenvalue weighted by Crippen LogP contribution is 2.28. The zero-order chi connectivity index (χ0) is 24.0. The Morgan fingerprint density at radius 3 is 2.12 bits per heavy atom. The number of piperidine rings is 1. The van der Waals surface area contributed by atoms with E-state index in [0.717, 1.165) is 32.1 Å². The van der Waals surface area contributed by atoms with E-state index in [0.29, 0.717) is 6.04 Å². The molecule has 2 aliphatic rings. The first-order valence-corrected chi connectivity index (χ1v) is 13.8. The minimum atomic E-state index is 0.624. The van der Waals surface area contributed by atoms with E-state index in [1.807, 2.05) is 0 Å². The molecule has 2 fully saturated rings. The van der Waals surface area contributed by atoms with Crippen LogP contribution in [-0.2, 0) is 13.1 Å². The fraction of sp³-hybridized carbons (Fsp3) is 0.548. The van der Waals surface area contributed by atoms with E-state index >= 15 is 0 Å². The van der Waals surface area contributed by atoms with Crippen molar-refractivity contribution in [1.82, 2.24) is 15.2 Å². The average molecular weight is 462 g/mol. The van der Waals surface area contributed by atoms with Gasteiger partial charge in [0.1, 0.15) is 0 Å². The van der Waals surface area contributed by atoms with Gasteiger partial charge in [0.05, 0.1) is 0 Å². The summed E-state index contributed by atoms with van der Waals surface area (Å²) in [6.07, 6.45) is 13.5. The molecule has 2 N–H and O–H groups in total. The maximum Gasteiger partial charge on any atom is 0.0486 e. The lowest BCUT2D eigenvalue weighted by molar-refractivity contribution is 0.375. The molecule has 0 amide bonds. The van der Waals surface area contributed by atoms with Crippen molar-refractivity contribution >= 4 is 10.9 Å². The molecular formula is C31H47N3. The summed E-state index contributed by atoms with van der Waals surface area (Å²) in [4.78, 5) is 0. The Hall–Kier alpha value is -2.10. The Labute approximate surface area is 208 Å². The van der Waals surface area contributed by atoms with Crippen LogP contribution in [0.1, 0.15) is 89.3 Å². The van der Waals surface area contributed by atoms with Crippen LogP contribution in [0, 0.1) is 5.92 Å². The molecule has 1 aromatic heterocycles. The van der Waals surface area contributed by atoms with Gasteiger partial charge in [-0.3, -0.25) is 0 Å². The lowest BCUT2D eigenvalue weighted by atomic mass is 9.91. The van der Waals surface area contributed by atoms with Crippen molar-refractivity contribution in [3.63, 3.8) is 0 Å². The number of aromatic nitrogens is 1. The van der Waals surface area contributed by atoms with E-state index in [1.165, 1.54) is 73.4 Å². The number of hydrogen-bond donors (Lipinski definition) is 2. The van der Waals surface area contributed by atoms with Gasteiger partial charge in [0.15, 0.2) is 0 Å². The Morgan fingerprint density at radius 2 is 1.47 bits per heavy atom. The van der Waals surface area contributed by atoms with E-state index in [4.69, 9.17) is 0 Å². The first kappa shape index (κ1) is 26.5. The molecule has 3 heteroatoms. The average Bonchev–Trinajstić information content (AvgIpc) is 3.25. The van der Waals surface area contributed by atoms with Crippen LogP contribution < -0.4 is 10.6 Å². The maximum absolute atomic E-state index is 3.60. The zero-order valence-electron chi connectivity index (χ0n) is 21.9. The van der Waals surface area contributed by atoms with Crippen molar-refractivity contribution in [2.75, 3.05) is 13.1 Å². The molecule has 3 nitrogen and oxygen atoms in total. The van der Waals surface area contributed by atoms with Crippen molar-refractivity contribution in [1.29, 1.82) is 0 Å². The second-order valence-electron chi connectivity index (χ2n) is 10.1. The highest BCUT2D eigenvalue weighted by Gasteiger charge is 2.18. The first-order chi connectivity index (χ1) is 16.7. The predicted octanol–water partition coefficient (Wildman–Crippen LogP) is 7.86. The number of rotatable bonds is 5. The van der Waals surface area contributed by atoms with Gasteiger partial charge in [-0.25, -0.2) is 0 Å². The largest absolute Gasteiger partial charge is 0.344 e. The Bertz CT molecular complexity index is 918. The normalized spacial score (nSPS) is 16.9. The van der Waals surface area contributed by atoms with Crippen LogP contribution in [0.15, 0.2) is 60.8 Å². The zero-order valence-corrected chi connectivity index (χ0v) is 21.9. The molecule has 0 atom stereocenters. The van der Waals surface area contributed by atoms with E-state index in [-0.39, 0.29) is 0 Å². The lowest BCUT2D eigenvalue weighted by Crippen LogP contribution is -2.29. The maximum atomic E-state index is 3.60. The minimum Gasteiger partial charge on any atom is -0.344 e. The van der Waals surface area contributed by atoms with Gasteiger partial charge in [-0.1, -0.05) is 108 Å². The molecule has 0 spiro atoms. The SMILES string of the molecule is CC1CCCCC1.CCC.c1ccc(CNCc2cn(C3CCNCC3)c3ccccc23)cc1. The number of hydrogen-bond acceptors (Lipinski definition) is 2. The third-order valence-electron chi connectivity index (χ3n) is 6.91. The summed E-state index contributed by atoms with van der Waals surface area (Å²) in [6.45, 7) is 10.7. The molecule has 2 aromatic carbocycles. The Morgan fingerprint density at radius 1 is 0.824 bits per heavy atom. The van der Waals surface area contributed by atoms with Crippen LogP contribution in [0.25, 0.3) is 10.9 Å². The van der Waals surface area contributed by atoms with E-state index in [9.17, 15) is 0 Å². The van der Waals surface area contributed by atoms with Gasteiger partial charge in [0.25, 0.3) is 0 Å². The number of nitrogens with zero attached hydrogens (tertiary/aromatic N) is 1. The lowest BCUT2D eigenvalue weighted by Gasteiger charge is -2.25. The highest BCUT2D eigenvalue weighted by atomic mass is 15.0. The fourth-order valence-corrected chi connectivity index (χ4v) is 5.05. The van der Waals surface area contributed by atoms with Crippen LogP contribution >= 0.6 is 0 Å². The molecule has 1 aliphatic carbocycles. The summed E-state index contributed by atoms with van der Waals surface area (Å²) in [5.74, 6) is 1.04. The predicted molar refractivity (Wildman–Crippen MR) is 148 cm³/mol. The number of fused-ring (bicyclic) bond motifs is 1. The van der Waals surface area contributed by atoms with Crippen LogP contribution in [0.4, 0.5) is 0 Å². The summed E-state index contributed by atoms with van der Waals surface area (Å²) < 4.78 is 2.51. The molecule has 0 unspecified atom stereocenters. The molecule has 5 rings (SSSR count). The van der Waals surface area contributed by atoms with Crippen molar-refractivity contribution in [3.05, 3.63) is 71.9 Å². The first-order valence-electron chi connectivity index (χ1n) is 13.8. The van der Waals surface area contributed by atoms with Gasteiger partial charge in [-0.05, 0) is 49.0 Å². The Balaban J connectivity index is 0.000000272. The second kappa shape index (κ2) is 15.0. The molecule has 0 bridgehead atoms. The van der Waals surface area contributed by atoms with Crippen LogP contribution in [0.2, 0.25) is 0 Å². The molecule has 2 heterocycles. The molecule has 186 valence electrons. The number of para-hydroxylation sites is 1. The van der Waals surface area contributed by atoms with Crippen molar-refractivity contribution in [2.45, 2.75) is 91.3 Å². The van der Waals surface area contributed by atoms with Crippen LogP contribution in [-0.4, -0.2) is 17.7 Å². The van der Waals surface area contributed by atoms with Crippen LogP contribution in [0.5, 0.6) is 0 Å². The third kappa shape index (κ3) is 8.29. The molecule has 1 aliphatic heterocycles. The highest BCUT2D eigenvalue weighted by molar-refractivity contribution is 5.84.